The number of aryl methyl sites for hydroxylation is 1. The van der Waals surface area contributed by atoms with Gasteiger partial charge in [-0.25, -0.2) is 4.98 Å². The van der Waals surface area contributed by atoms with Gasteiger partial charge in [0.15, 0.2) is 0 Å². The molecule has 2 rings (SSSR count). The fourth-order valence-electron chi connectivity index (χ4n) is 2.02. The first-order valence-electron chi connectivity index (χ1n) is 7.63. The van der Waals surface area contributed by atoms with Crippen molar-refractivity contribution in [3.63, 3.8) is 0 Å². The molecule has 0 spiro atoms. The molecule has 0 aliphatic rings. The van der Waals surface area contributed by atoms with Crippen molar-refractivity contribution in [3.05, 3.63) is 53.7 Å². The van der Waals surface area contributed by atoms with E-state index in [9.17, 15) is 9.59 Å². The average Bonchev–Trinajstić information content (AvgIpc) is 3.00. The lowest BCUT2D eigenvalue weighted by molar-refractivity contribution is -0.146. The molecule has 0 saturated heterocycles. The van der Waals surface area contributed by atoms with E-state index in [1.807, 2.05) is 30.3 Å². The number of nitrogens with zero attached hydrogens (tertiary/aromatic N) is 1. The summed E-state index contributed by atoms with van der Waals surface area (Å²) in [5.74, 6) is 0.0516. The lowest BCUT2D eigenvalue weighted by atomic mass is 10.2. The monoisotopic (exact) mass is 331 g/mol. The predicted octanol–water partition coefficient (Wildman–Crippen LogP) is 1.62. The molecule has 2 aromatic rings. The molecule has 7 nitrogen and oxygen atoms in total. The van der Waals surface area contributed by atoms with E-state index in [1.54, 1.807) is 20.0 Å². The molecule has 1 aromatic heterocycles. The molecule has 0 radical (unpaired) electrons. The van der Waals surface area contributed by atoms with Crippen LogP contribution in [0.15, 0.2) is 40.9 Å². The molecule has 128 valence electrons. The molecule has 0 bridgehead atoms. The summed E-state index contributed by atoms with van der Waals surface area (Å²) in [6, 6.07) is 7.86. The minimum absolute atomic E-state index is 0.153. The van der Waals surface area contributed by atoms with Gasteiger partial charge in [-0.2, -0.15) is 0 Å². The predicted molar refractivity (Wildman–Crippen MR) is 86.6 cm³/mol. The Labute approximate surface area is 140 Å². The Morgan fingerprint density at radius 3 is 2.67 bits per heavy atom. The largest absolute Gasteiger partial charge is 0.461 e. The van der Waals surface area contributed by atoms with Crippen LogP contribution in [0.5, 0.6) is 0 Å². The molecule has 0 aliphatic heterocycles. The van der Waals surface area contributed by atoms with E-state index in [1.165, 1.54) is 0 Å². The minimum atomic E-state index is -0.994. The van der Waals surface area contributed by atoms with E-state index in [0.29, 0.717) is 11.7 Å². The number of nitrogens with two attached hydrogens (primary N) is 1. The van der Waals surface area contributed by atoms with Crippen LogP contribution in [-0.2, 0) is 20.9 Å². The summed E-state index contributed by atoms with van der Waals surface area (Å²) < 4.78 is 10.4. The fourth-order valence-corrected chi connectivity index (χ4v) is 2.02. The third-order valence-electron chi connectivity index (χ3n) is 3.33. The van der Waals surface area contributed by atoms with Crippen molar-refractivity contribution in [1.29, 1.82) is 0 Å². The van der Waals surface area contributed by atoms with Crippen molar-refractivity contribution in [2.24, 2.45) is 5.73 Å². The highest BCUT2D eigenvalue weighted by Crippen LogP contribution is 2.12. The van der Waals surface area contributed by atoms with Gasteiger partial charge in [-0.05, 0) is 19.4 Å². The fraction of sp³-hybridized carbons (Fsp3) is 0.353. The first kappa shape index (κ1) is 17.7. The maximum Gasteiger partial charge on any atom is 0.308 e. The van der Waals surface area contributed by atoms with E-state index < -0.39 is 24.0 Å². The van der Waals surface area contributed by atoms with Crippen LogP contribution in [0.4, 0.5) is 0 Å². The van der Waals surface area contributed by atoms with Crippen molar-refractivity contribution in [2.75, 3.05) is 0 Å². The number of hydrogen-bond donors (Lipinski definition) is 2. The number of hydrogen-bond acceptors (Lipinski definition) is 6. The number of carbonyl (C=O) groups excluding carboxylic acids is 2. The topological polar surface area (TPSA) is 107 Å². The number of amides is 1. The van der Waals surface area contributed by atoms with Crippen LogP contribution in [0.25, 0.3) is 0 Å². The van der Waals surface area contributed by atoms with Crippen LogP contribution in [0, 0.1) is 6.92 Å². The lowest BCUT2D eigenvalue weighted by Crippen LogP contribution is -2.43. The summed E-state index contributed by atoms with van der Waals surface area (Å²) in [6.07, 6.45) is 1.37. The number of ether oxygens (including phenoxy) is 1. The Bertz CT molecular complexity index is 684. The number of carbonyl (C=O) groups is 2. The second kappa shape index (κ2) is 8.26. The van der Waals surface area contributed by atoms with E-state index >= 15 is 0 Å². The van der Waals surface area contributed by atoms with Gasteiger partial charge in [-0.1, -0.05) is 30.3 Å². The van der Waals surface area contributed by atoms with Gasteiger partial charge in [-0.15, -0.1) is 0 Å². The Kier molecular flexibility index (Phi) is 6.08. The highest BCUT2D eigenvalue weighted by atomic mass is 16.5. The summed E-state index contributed by atoms with van der Waals surface area (Å²) in [7, 11) is 0. The lowest BCUT2D eigenvalue weighted by Gasteiger charge is -2.15. The molecule has 3 N–H and O–H groups in total. The van der Waals surface area contributed by atoms with Crippen LogP contribution in [0.1, 0.15) is 36.6 Å². The summed E-state index contributed by atoms with van der Waals surface area (Å²) in [5, 5.41) is 2.66. The first-order valence-corrected chi connectivity index (χ1v) is 7.63. The third-order valence-corrected chi connectivity index (χ3v) is 3.33. The molecule has 24 heavy (non-hydrogen) atoms. The Morgan fingerprint density at radius 2 is 2.04 bits per heavy atom. The van der Waals surface area contributed by atoms with Crippen LogP contribution in [0.3, 0.4) is 0 Å². The smallest absolute Gasteiger partial charge is 0.308 e. The summed E-state index contributed by atoms with van der Waals surface area (Å²) in [4.78, 5) is 27.8. The minimum Gasteiger partial charge on any atom is -0.461 e. The molecule has 7 heteroatoms. The standard InChI is InChI=1S/C17H21N3O4/c1-11-9-19-17(24-11)12(2)20-16(22)14(18)8-15(21)23-10-13-6-4-3-5-7-13/h3-7,9,12,14H,8,10,18H2,1-2H3,(H,20,22)/t12?,14-/m0/s1. The molecule has 2 atom stereocenters. The molecule has 0 fully saturated rings. The normalized spacial score (nSPS) is 13.1. The van der Waals surface area contributed by atoms with Crippen LogP contribution < -0.4 is 11.1 Å². The van der Waals surface area contributed by atoms with Gasteiger partial charge < -0.3 is 20.2 Å². The molecule has 1 unspecified atom stereocenters. The van der Waals surface area contributed by atoms with Crippen molar-refractivity contribution < 1.29 is 18.7 Å². The van der Waals surface area contributed by atoms with Crippen molar-refractivity contribution >= 4 is 11.9 Å². The highest BCUT2D eigenvalue weighted by Gasteiger charge is 2.22. The second-order valence-electron chi connectivity index (χ2n) is 5.50. The Hall–Kier alpha value is -2.67. The van der Waals surface area contributed by atoms with Gasteiger partial charge in [0.05, 0.1) is 18.7 Å². The number of benzene rings is 1. The van der Waals surface area contributed by atoms with Crippen LogP contribution in [0.2, 0.25) is 0 Å². The van der Waals surface area contributed by atoms with Gasteiger partial charge in [0.1, 0.15) is 18.4 Å². The highest BCUT2D eigenvalue weighted by molar-refractivity contribution is 5.86. The molecule has 1 heterocycles. The Morgan fingerprint density at radius 1 is 1.33 bits per heavy atom. The quantitative estimate of drug-likeness (QED) is 0.747. The first-order chi connectivity index (χ1) is 11.5. The van der Waals surface area contributed by atoms with Crippen molar-refractivity contribution in [3.8, 4) is 0 Å². The van der Waals surface area contributed by atoms with E-state index in [-0.39, 0.29) is 13.0 Å². The maximum absolute atomic E-state index is 12.0. The molecule has 0 aliphatic carbocycles. The van der Waals surface area contributed by atoms with Gasteiger partial charge in [0.25, 0.3) is 0 Å². The van der Waals surface area contributed by atoms with Crippen LogP contribution in [-0.4, -0.2) is 22.9 Å². The maximum atomic E-state index is 12.0. The van der Waals surface area contributed by atoms with Gasteiger partial charge >= 0.3 is 5.97 Å². The van der Waals surface area contributed by atoms with Crippen molar-refractivity contribution in [1.82, 2.24) is 10.3 Å². The van der Waals surface area contributed by atoms with E-state index in [4.69, 9.17) is 14.9 Å². The molecular weight excluding hydrogens is 310 g/mol. The summed E-state index contributed by atoms with van der Waals surface area (Å²) in [5.41, 5.74) is 6.63. The summed E-state index contributed by atoms with van der Waals surface area (Å²) >= 11 is 0. The zero-order chi connectivity index (χ0) is 17.5. The number of esters is 1. The SMILES string of the molecule is Cc1cnc(C(C)NC(=O)[C@@H](N)CC(=O)OCc2ccccc2)o1. The van der Waals surface area contributed by atoms with E-state index in [2.05, 4.69) is 10.3 Å². The van der Waals surface area contributed by atoms with Gasteiger partial charge in [-0.3, -0.25) is 9.59 Å². The third kappa shape index (κ3) is 5.20. The summed E-state index contributed by atoms with van der Waals surface area (Å²) in [6.45, 7) is 3.64. The second-order valence-corrected chi connectivity index (χ2v) is 5.50. The van der Waals surface area contributed by atoms with Crippen LogP contribution >= 0.6 is 0 Å². The number of oxazole rings is 1. The number of nitrogens with one attached hydrogen (secondary N) is 1. The number of aromatic nitrogens is 1. The Balaban J connectivity index is 1.77. The molecular formula is C17H21N3O4. The van der Waals surface area contributed by atoms with Gasteiger partial charge in [0.2, 0.25) is 11.8 Å². The van der Waals surface area contributed by atoms with Gasteiger partial charge in [0, 0.05) is 0 Å². The molecule has 1 aromatic carbocycles. The zero-order valence-corrected chi connectivity index (χ0v) is 13.7. The average molecular weight is 331 g/mol. The molecule has 0 saturated carbocycles. The zero-order valence-electron chi connectivity index (χ0n) is 13.7. The van der Waals surface area contributed by atoms with Crippen molar-refractivity contribution in [2.45, 2.75) is 39.0 Å². The van der Waals surface area contributed by atoms with E-state index in [0.717, 1.165) is 5.56 Å². The molecule has 1 amide bonds. The number of rotatable bonds is 7.